The lowest BCUT2D eigenvalue weighted by atomic mass is 10.1. The first-order chi connectivity index (χ1) is 11.3. The molecule has 0 spiro atoms. The summed E-state index contributed by atoms with van der Waals surface area (Å²) in [6.07, 6.45) is 2.13. The van der Waals surface area contributed by atoms with Gasteiger partial charge in [-0.05, 0) is 63.3 Å². The van der Waals surface area contributed by atoms with Crippen LogP contribution in [0.1, 0.15) is 37.3 Å². The molecule has 0 unspecified atom stereocenters. The number of hydrogen-bond acceptors (Lipinski definition) is 5. The van der Waals surface area contributed by atoms with Crippen molar-refractivity contribution >= 4 is 15.9 Å². The maximum absolute atomic E-state index is 12.3. The van der Waals surface area contributed by atoms with Crippen molar-refractivity contribution in [3.63, 3.8) is 0 Å². The van der Waals surface area contributed by atoms with Crippen molar-refractivity contribution in [1.29, 1.82) is 0 Å². The molecule has 1 N–H and O–H groups in total. The number of ether oxygens (including phenoxy) is 2. The number of carbonyl (C=O) groups is 1. The number of carbonyl (C=O) groups excluding carboxylic acids is 1. The molecular weight excluding hydrogens is 330 g/mol. The molecular formula is C17H25NO5S. The van der Waals surface area contributed by atoms with Crippen molar-refractivity contribution in [1.82, 2.24) is 4.72 Å². The maximum Gasteiger partial charge on any atom is 0.264 e. The lowest BCUT2D eigenvalue weighted by Gasteiger charge is -2.23. The molecule has 0 bridgehead atoms. The van der Waals surface area contributed by atoms with Crippen molar-refractivity contribution in [2.45, 2.75) is 57.1 Å². The zero-order valence-electron chi connectivity index (χ0n) is 14.4. The molecule has 134 valence electrons. The van der Waals surface area contributed by atoms with E-state index >= 15 is 0 Å². The molecule has 0 radical (unpaired) electrons. The summed E-state index contributed by atoms with van der Waals surface area (Å²) in [5.74, 6) is -0.677. The Labute approximate surface area is 143 Å². The van der Waals surface area contributed by atoms with Gasteiger partial charge in [0.1, 0.15) is 6.10 Å². The summed E-state index contributed by atoms with van der Waals surface area (Å²) in [5, 5.41) is 0. The van der Waals surface area contributed by atoms with E-state index in [9.17, 15) is 13.2 Å². The summed E-state index contributed by atoms with van der Waals surface area (Å²) in [4.78, 5) is 12.2. The molecule has 24 heavy (non-hydrogen) atoms. The van der Waals surface area contributed by atoms with Gasteiger partial charge in [-0.3, -0.25) is 4.79 Å². The summed E-state index contributed by atoms with van der Waals surface area (Å²) in [7, 11) is -3.90. The summed E-state index contributed by atoms with van der Waals surface area (Å²) in [5.41, 5.74) is 1.84. The zero-order chi connectivity index (χ0) is 17.7. The Balaban J connectivity index is 1.92. The van der Waals surface area contributed by atoms with Gasteiger partial charge < -0.3 is 9.47 Å². The van der Waals surface area contributed by atoms with E-state index in [-0.39, 0.29) is 17.6 Å². The first-order valence-electron chi connectivity index (χ1n) is 8.17. The Morgan fingerprint density at radius 1 is 1.33 bits per heavy atom. The van der Waals surface area contributed by atoms with Crippen LogP contribution in [0.4, 0.5) is 0 Å². The maximum atomic E-state index is 12.3. The molecule has 1 aliphatic heterocycles. The Hall–Kier alpha value is -1.44. The summed E-state index contributed by atoms with van der Waals surface area (Å²) < 4.78 is 37.7. The fourth-order valence-corrected chi connectivity index (χ4v) is 3.55. The molecule has 7 heteroatoms. The third-order valence-corrected chi connectivity index (χ3v) is 5.54. The van der Waals surface area contributed by atoms with Crippen LogP contribution in [0.2, 0.25) is 0 Å². The minimum atomic E-state index is -3.90. The van der Waals surface area contributed by atoms with Gasteiger partial charge in [0.2, 0.25) is 0 Å². The van der Waals surface area contributed by atoms with Crippen LogP contribution in [0.25, 0.3) is 0 Å². The van der Waals surface area contributed by atoms with Crippen molar-refractivity contribution in [3.8, 4) is 0 Å². The Morgan fingerprint density at radius 2 is 2.08 bits per heavy atom. The average molecular weight is 355 g/mol. The van der Waals surface area contributed by atoms with E-state index in [1.165, 1.54) is 13.0 Å². The summed E-state index contributed by atoms with van der Waals surface area (Å²) in [6.45, 7) is 6.25. The fourth-order valence-electron chi connectivity index (χ4n) is 2.42. The van der Waals surface area contributed by atoms with Gasteiger partial charge in [-0.1, -0.05) is 6.07 Å². The van der Waals surface area contributed by atoms with Crippen molar-refractivity contribution in [2.24, 2.45) is 0 Å². The second-order valence-electron chi connectivity index (χ2n) is 6.18. The molecule has 0 aliphatic carbocycles. The van der Waals surface area contributed by atoms with Gasteiger partial charge in [0.25, 0.3) is 15.9 Å². The van der Waals surface area contributed by atoms with E-state index in [1.54, 1.807) is 12.1 Å². The van der Waals surface area contributed by atoms with Gasteiger partial charge in [-0.2, -0.15) is 0 Å². The van der Waals surface area contributed by atoms with E-state index in [1.807, 2.05) is 13.8 Å². The van der Waals surface area contributed by atoms with E-state index in [2.05, 4.69) is 4.72 Å². The molecule has 1 heterocycles. The standard InChI is InChI=1S/C17H25NO5S/c1-12-7-8-16(10-13(12)2)24(20,21)18-17(19)14(3)23-11-15-6-4-5-9-22-15/h7-8,10,14-15H,4-6,9,11H2,1-3H3,(H,18,19)/t14-,15+/m0/s1. The highest BCUT2D eigenvalue weighted by Crippen LogP contribution is 2.16. The topological polar surface area (TPSA) is 81.7 Å². The second kappa shape index (κ2) is 8.09. The highest BCUT2D eigenvalue weighted by atomic mass is 32.2. The van der Waals surface area contributed by atoms with Gasteiger partial charge in [-0.15, -0.1) is 0 Å². The van der Waals surface area contributed by atoms with Gasteiger partial charge in [0.15, 0.2) is 0 Å². The molecule has 1 fully saturated rings. The molecule has 1 aliphatic rings. The summed E-state index contributed by atoms with van der Waals surface area (Å²) in [6, 6.07) is 4.75. The lowest BCUT2D eigenvalue weighted by molar-refractivity contribution is -0.133. The molecule has 0 saturated carbocycles. The van der Waals surface area contributed by atoms with Gasteiger partial charge in [0.05, 0.1) is 17.6 Å². The Bertz CT molecular complexity index is 680. The van der Waals surface area contributed by atoms with Crippen LogP contribution < -0.4 is 4.72 Å². The van der Waals surface area contributed by atoms with E-state index < -0.39 is 22.0 Å². The third kappa shape index (κ3) is 5.03. The van der Waals surface area contributed by atoms with Crippen LogP contribution in [0.5, 0.6) is 0 Å². The Kier molecular flexibility index (Phi) is 6.37. The van der Waals surface area contributed by atoms with Crippen LogP contribution in [0.15, 0.2) is 23.1 Å². The first kappa shape index (κ1) is 18.9. The van der Waals surface area contributed by atoms with Crippen molar-refractivity contribution < 1.29 is 22.7 Å². The third-order valence-electron chi connectivity index (χ3n) is 4.20. The highest BCUT2D eigenvalue weighted by Gasteiger charge is 2.24. The number of sulfonamides is 1. The number of hydrogen-bond donors (Lipinski definition) is 1. The van der Waals surface area contributed by atoms with Crippen LogP contribution in [-0.2, 0) is 24.3 Å². The first-order valence-corrected chi connectivity index (χ1v) is 9.65. The average Bonchev–Trinajstić information content (AvgIpc) is 2.55. The molecule has 6 nitrogen and oxygen atoms in total. The number of aryl methyl sites for hydroxylation is 2. The smallest absolute Gasteiger partial charge is 0.264 e. The Morgan fingerprint density at radius 3 is 2.71 bits per heavy atom. The van der Waals surface area contributed by atoms with Gasteiger partial charge >= 0.3 is 0 Å². The van der Waals surface area contributed by atoms with Gasteiger partial charge in [-0.25, -0.2) is 13.1 Å². The molecule has 1 amide bonds. The van der Waals surface area contributed by atoms with E-state index in [0.717, 1.165) is 30.4 Å². The quantitative estimate of drug-likeness (QED) is 0.845. The normalized spacial score (nSPS) is 19.7. The fraction of sp³-hybridized carbons (Fsp3) is 0.588. The van der Waals surface area contributed by atoms with Crippen LogP contribution in [0, 0.1) is 13.8 Å². The number of benzene rings is 1. The molecule has 1 aromatic carbocycles. The van der Waals surface area contributed by atoms with E-state index in [4.69, 9.17) is 9.47 Å². The van der Waals surface area contributed by atoms with Crippen LogP contribution >= 0.6 is 0 Å². The SMILES string of the molecule is Cc1ccc(S(=O)(=O)NC(=O)[C@H](C)OC[C@H]2CCCCO2)cc1C. The number of amides is 1. The van der Waals surface area contributed by atoms with Crippen molar-refractivity contribution in [2.75, 3.05) is 13.2 Å². The van der Waals surface area contributed by atoms with Crippen molar-refractivity contribution in [3.05, 3.63) is 29.3 Å². The minimum absolute atomic E-state index is 0.0228. The largest absolute Gasteiger partial charge is 0.376 e. The molecule has 2 atom stereocenters. The number of rotatable bonds is 6. The lowest BCUT2D eigenvalue weighted by Crippen LogP contribution is -2.40. The number of nitrogens with one attached hydrogen (secondary N) is 1. The van der Waals surface area contributed by atoms with Crippen LogP contribution in [0.3, 0.4) is 0 Å². The summed E-state index contributed by atoms with van der Waals surface area (Å²) >= 11 is 0. The van der Waals surface area contributed by atoms with E-state index in [0.29, 0.717) is 6.61 Å². The zero-order valence-corrected chi connectivity index (χ0v) is 15.2. The minimum Gasteiger partial charge on any atom is -0.376 e. The monoisotopic (exact) mass is 355 g/mol. The molecule has 2 rings (SSSR count). The predicted octanol–water partition coefficient (Wildman–Crippen LogP) is 2.08. The highest BCUT2D eigenvalue weighted by molar-refractivity contribution is 7.90. The van der Waals surface area contributed by atoms with Crippen LogP contribution in [-0.4, -0.2) is 39.7 Å². The van der Waals surface area contributed by atoms with Gasteiger partial charge in [0, 0.05) is 6.61 Å². The predicted molar refractivity (Wildman–Crippen MR) is 90.2 cm³/mol. The molecule has 0 aromatic heterocycles. The molecule has 1 saturated heterocycles. The molecule has 1 aromatic rings. The second-order valence-corrected chi connectivity index (χ2v) is 7.86.